The van der Waals surface area contributed by atoms with Crippen molar-refractivity contribution in [1.29, 1.82) is 0 Å². The molecule has 112 valence electrons. The lowest BCUT2D eigenvalue weighted by Crippen LogP contribution is -2.45. The molecule has 1 aliphatic heterocycles. The molecular formula is C17H29N3. The second-order valence-corrected chi connectivity index (χ2v) is 6.47. The minimum absolute atomic E-state index is 0.670. The van der Waals surface area contributed by atoms with Gasteiger partial charge in [-0.15, -0.1) is 0 Å². The van der Waals surface area contributed by atoms with E-state index in [1.54, 1.807) is 0 Å². The van der Waals surface area contributed by atoms with Crippen molar-refractivity contribution in [1.82, 2.24) is 9.88 Å². The minimum Gasteiger partial charge on any atom is -0.370 e. The molecule has 2 rings (SSSR count). The first-order chi connectivity index (χ1) is 9.60. The molecule has 3 unspecified atom stereocenters. The normalized spacial score (nSPS) is 27.5. The maximum Gasteiger partial charge on any atom is 0.125 e. The van der Waals surface area contributed by atoms with Crippen molar-refractivity contribution in [2.45, 2.75) is 53.1 Å². The lowest BCUT2D eigenvalue weighted by atomic mass is 9.86. The highest BCUT2D eigenvalue weighted by Gasteiger charge is 2.28. The number of piperidine rings is 1. The number of hydrogen-bond donors (Lipinski definition) is 1. The molecule has 1 aliphatic rings. The van der Waals surface area contributed by atoms with Crippen molar-refractivity contribution in [3.05, 3.63) is 23.9 Å². The Kier molecular flexibility index (Phi) is 5.41. The van der Waals surface area contributed by atoms with E-state index in [1.165, 1.54) is 18.5 Å². The van der Waals surface area contributed by atoms with E-state index in [-0.39, 0.29) is 0 Å². The van der Waals surface area contributed by atoms with Crippen LogP contribution in [0.25, 0.3) is 0 Å². The van der Waals surface area contributed by atoms with Gasteiger partial charge in [-0.3, -0.25) is 4.90 Å². The SMILES string of the molecule is CCCNc1ccc(CN2CC(C)CC(C)C2C)cn1. The zero-order valence-electron chi connectivity index (χ0n) is 13.4. The summed E-state index contributed by atoms with van der Waals surface area (Å²) in [5, 5.41) is 3.32. The van der Waals surface area contributed by atoms with Gasteiger partial charge in [0.1, 0.15) is 5.82 Å². The monoisotopic (exact) mass is 275 g/mol. The zero-order valence-corrected chi connectivity index (χ0v) is 13.4. The van der Waals surface area contributed by atoms with Crippen LogP contribution in [0.3, 0.4) is 0 Å². The van der Waals surface area contributed by atoms with Gasteiger partial charge in [-0.2, -0.15) is 0 Å². The average molecular weight is 275 g/mol. The first kappa shape index (κ1) is 15.3. The van der Waals surface area contributed by atoms with Crippen LogP contribution in [0, 0.1) is 11.8 Å². The van der Waals surface area contributed by atoms with Gasteiger partial charge in [0.2, 0.25) is 0 Å². The molecule has 0 aliphatic carbocycles. The third-order valence-corrected chi connectivity index (χ3v) is 4.49. The van der Waals surface area contributed by atoms with Gasteiger partial charge in [-0.05, 0) is 43.2 Å². The average Bonchev–Trinajstić information content (AvgIpc) is 2.43. The lowest BCUT2D eigenvalue weighted by molar-refractivity contribution is 0.0729. The highest BCUT2D eigenvalue weighted by atomic mass is 15.2. The highest BCUT2D eigenvalue weighted by Crippen LogP contribution is 2.28. The molecule has 1 N–H and O–H groups in total. The Hall–Kier alpha value is -1.09. The van der Waals surface area contributed by atoms with Gasteiger partial charge < -0.3 is 5.32 Å². The van der Waals surface area contributed by atoms with Crippen LogP contribution in [-0.2, 0) is 6.54 Å². The van der Waals surface area contributed by atoms with Gasteiger partial charge in [0, 0.05) is 31.9 Å². The van der Waals surface area contributed by atoms with E-state index in [1.807, 2.05) is 6.20 Å². The molecule has 1 aromatic heterocycles. The molecule has 3 atom stereocenters. The van der Waals surface area contributed by atoms with Crippen molar-refractivity contribution in [3.63, 3.8) is 0 Å². The van der Waals surface area contributed by atoms with Crippen LogP contribution in [0.5, 0.6) is 0 Å². The molecule has 3 nitrogen and oxygen atoms in total. The Labute approximate surface area is 123 Å². The van der Waals surface area contributed by atoms with E-state index in [9.17, 15) is 0 Å². The van der Waals surface area contributed by atoms with Crippen LogP contribution in [0.1, 0.15) is 46.1 Å². The summed E-state index contributed by atoms with van der Waals surface area (Å²) in [6.45, 7) is 12.5. The van der Waals surface area contributed by atoms with E-state index in [0.717, 1.165) is 37.2 Å². The van der Waals surface area contributed by atoms with Crippen molar-refractivity contribution in [2.24, 2.45) is 11.8 Å². The molecule has 1 aromatic rings. The van der Waals surface area contributed by atoms with Crippen molar-refractivity contribution < 1.29 is 0 Å². The van der Waals surface area contributed by atoms with Crippen LogP contribution < -0.4 is 5.32 Å². The quantitative estimate of drug-likeness (QED) is 0.886. The summed E-state index contributed by atoms with van der Waals surface area (Å²) in [5.41, 5.74) is 1.32. The van der Waals surface area contributed by atoms with Crippen molar-refractivity contribution in [2.75, 3.05) is 18.4 Å². The van der Waals surface area contributed by atoms with Crippen LogP contribution in [0.15, 0.2) is 18.3 Å². The molecule has 0 saturated carbocycles. The Bertz CT molecular complexity index is 401. The largest absolute Gasteiger partial charge is 0.370 e. The second-order valence-electron chi connectivity index (χ2n) is 6.47. The lowest BCUT2D eigenvalue weighted by Gasteiger charge is -2.41. The Morgan fingerprint density at radius 3 is 2.75 bits per heavy atom. The summed E-state index contributed by atoms with van der Waals surface area (Å²) < 4.78 is 0. The van der Waals surface area contributed by atoms with Gasteiger partial charge in [-0.1, -0.05) is 26.8 Å². The molecule has 0 bridgehead atoms. The first-order valence-electron chi connectivity index (χ1n) is 8.03. The van der Waals surface area contributed by atoms with E-state index in [4.69, 9.17) is 0 Å². The Balaban J connectivity index is 1.95. The fraction of sp³-hybridized carbons (Fsp3) is 0.706. The van der Waals surface area contributed by atoms with Crippen LogP contribution in [-0.4, -0.2) is 29.0 Å². The van der Waals surface area contributed by atoms with Crippen LogP contribution in [0.4, 0.5) is 5.82 Å². The number of nitrogens with zero attached hydrogens (tertiary/aromatic N) is 2. The zero-order chi connectivity index (χ0) is 14.5. The van der Waals surface area contributed by atoms with Gasteiger partial charge >= 0.3 is 0 Å². The molecule has 0 radical (unpaired) electrons. The number of hydrogen-bond acceptors (Lipinski definition) is 3. The van der Waals surface area contributed by atoms with E-state index >= 15 is 0 Å². The van der Waals surface area contributed by atoms with Gasteiger partial charge in [0.15, 0.2) is 0 Å². The fourth-order valence-electron chi connectivity index (χ4n) is 3.15. The number of anilines is 1. The molecule has 0 amide bonds. The highest BCUT2D eigenvalue weighted by molar-refractivity contribution is 5.35. The summed E-state index contributed by atoms with van der Waals surface area (Å²) in [5.74, 6) is 2.58. The molecular weight excluding hydrogens is 246 g/mol. The number of likely N-dealkylation sites (tertiary alicyclic amines) is 1. The number of nitrogens with one attached hydrogen (secondary N) is 1. The van der Waals surface area contributed by atoms with Crippen molar-refractivity contribution in [3.8, 4) is 0 Å². The van der Waals surface area contributed by atoms with E-state index < -0.39 is 0 Å². The molecule has 1 fully saturated rings. The Morgan fingerprint density at radius 2 is 2.10 bits per heavy atom. The van der Waals surface area contributed by atoms with Crippen LogP contribution in [0.2, 0.25) is 0 Å². The van der Waals surface area contributed by atoms with Crippen LogP contribution >= 0.6 is 0 Å². The summed E-state index contributed by atoms with van der Waals surface area (Å²) in [6, 6.07) is 4.98. The second kappa shape index (κ2) is 7.07. The molecule has 1 saturated heterocycles. The number of pyridine rings is 1. The molecule has 3 heteroatoms. The van der Waals surface area contributed by atoms with Gasteiger partial charge in [0.25, 0.3) is 0 Å². The third-order valence-electron chi connectivity index (χ3n) is 4.49. The molecule has 2 heterocycles. The maximum absolute atomic E-state index is 4.51. The molecule has 20 heavy (non-hydrogen) atoms. The Morgan fingerprint density at radius 1 is 1.30 bits per heavy atom. The van der Waals surface area contributed by atoms with Gasteiger partial charge in [0.05, 0.1) is 0 Å². The topological polar surface area (TPSA) is 28.2 Å². The maximum atomic E-state index is 4.51. The summed E-state index contributed by atoms with van der Waals surface area (Å²) >= 11 is 0. The minimum atomic E-state index is 0.670. The van der Waals surface area contributed by atoms with E-state index in [2.05, 4.69) is 55.0 Å². The summed E-state index contributed by atoms with van der Waals surface area (Å²) in [7, 11) is 0. The van der Waals surface area contributed by atoms with E-state index in [0.29, 0.717) is 6.04 Å². The van der Waals surface area contributed by atoms with Gasteiger partial charge in [-0.25, -0.2) is 4.98 Å². The predicted octanol–water partition coefficient (Wildman–Crippen LogP) is 3.77. The molecule has 0 spiro atoms. The fourth-order valence-corrected chi connectivity index (χ4v) is 3.15. The number of aromatic nitrogens is 1. The summed E-state index contributed by atoms with van der Waals surface area (Å²) in [6.07, 6.45) is 4.51. The van der Waals surface area contributed by atoms with Crippen molar-refractivity contribution >= 4 is 5.82 Å². The number of rotatable bonds is 5. The summed E-state index contributed by atoms with van der Waals surface area (Å²) in [4.78, 5) is 7.11. The third kappa shape index (κ3) is 3.95. The molecule has 0 aromatic carbocycles. The standard InChI is InChI=1S/C17H29N3/c1-5-8-18-17-7-6-16(10-19-17)12-20-11-13(2)9-14(3)15(20)4/h6-7,10,13-15H,5,8-9,11-12H2,1-4H3,(H,18,19). The predicted molar refractivity (Wildman–Crippen MR) is 85.8 cm³/mol. The smallest absolute Gasteiger partial charge is 0.125 e. The first-order valence-corrected chi connectivity index (χ1v) is 8.03.